The minimum atomic E-state index is -0.0424. The molecule has 102 valence electrons. The van der Waals surface area contributed by atoms with E-state index < -0.39 is 0 Å². The third-order valence-corrected chi connectivity index (χ3v) is 5.03. The molecule has 1 aromatic carbocycles. The summed E-state index contributed by atoms with van der Waals surface area (Å²) < 4.78 is 1.82. The van der Waals surface area contributed by atoms with Gasteiger partial charge in [0.15, 0.2) is 0 Å². The van der Waals surface area contributed by atoms with Gasteiger partial charge in [0.2, 0.25) is 4.96 Å². The van der Waals surface area contributed by atoms with Crippen molar-refractivity contribution in [2.45, 2.75) is 31.8 Å². The molecule has 0 amide bonds. The standard InChI is InChI=1S/C15H15N3OS/c19-9-12-13(10-5-2-1-3-6-10)16-15-18(12)17-14(20-15)11-7-4-8-11/h1-3,5-6,11,19H,4,7-9H2. The lowest BCUT2D eigenvalue weighted by molar-refractivity contribution is 0.274. The Hall–Kier alpha value is -1.72. The Morgan fingerprint density at radius 2 is 2.05 bits per heavy atom. The molecule has 1 aliphatic rings. The second-order valence-electron chi connectivity index (χ2n) is 5.19. The van der Waals surface area contributed by atoms with Crippen molar-refractivity contribution >= 4 is 16.3 Å². The highest BCUT2D eigenvalue weighted by Gasteiger charge is 2.25. The van der Waals surface area contributed by atoms with E-state index in [0.717, 1.165) is 26.9 Å². The van der Waals surface area contributed by atoms with Gasteiger partial charge in [-0.3, -0.25) is 0 Å². The topological polar surface area (TPSA) is 50.4 Å². The van der Waals surface area contributed by atoms with Crippen LogP contribution in [0.5, 0.6) is 0 Å². The Morgan fingerprint density at radius 3 is 2.70 bits per heavy atom. The number of imidazole rings is 1. The van der Waals surface area contributed by atoms with Gasteiger partial charge in [-0.15, -0.1) is 0 Å². The maximum absolute atomic E-state index is 9.69. The molecule has 0 radical (unpaired) electrons. The molecule has 20 heavy (non-hydrogen) atoms. The molecule has 1 aliphatic carbocycles. The second-order valence-corrected chi connectivity index (χ2v) is 6.18. The predicted octanol–water partition coefficient (Wildman–Crippen LogP) is 3.22. The van der Waals surface area contributed by atoms with Crippen LogP contribution in [-0.2, 0) is 6.61 Å². The highest BCUT2D eigenvalue weighted by Crippen LogP contribution is 2.39. The summed E-state index contributed by atoms with van der Waals surface area (Å²) in [6.07, 6.45) is 3.77. The summed E-state index contributed by atoms with van der Waals surface area (Å²) in [6.45, 7) is -0.0424. The Kier molecular flexibility index (Phi) is 2.82. The zero-order valence-corrected chi connectivity index (χ0v) is 11.8. The molecule has 4 rings (SSSR count). The van der Waals surface area contributed by atoms with E-state index in [9.17, 15) is 5.11 Å². The van der Waals surface area contributed by atoms with Crippen LogP contribution in [0.15, 0.2) is 30.3 Å². The smallest absolute Gasteiger partial charge is 0.213 e. The van der Waals surface area contributed by atoms with Gasteiger partial charge in [-0.05, 0) is 12.8 Å². The van der Waals surface area contributed by atoms with Crippen LogP contribution in [0.1, 0.15) is 35.9 Å². The first-order valence-electron chi connectivity index (χ1n) is 6.91. The first kappa shape index (κ1) is 12.1. The van der Waals surface area contributed by atoms with Crippen molar-refractivity contribution < 1.29 is 5.11 Å². The van der Waals surface area contributed by atoms with E-state index in [1.165, 1.54) is 19.3 Å². The van der Waals surface area contributed by atoms with Crippen molar-refractivity contribution in [1.29, 1.82) is 0 Å². The molecule has 1 fully saturated rings. The fraction of sp³-hybridized carbons (Fsp3) is 0.333. The van der Waals surface area contributed by atoms with Crippen molar-refractivity contribution in [2.75, 3.05) is 0 Å². The van der Waals surface area contributed by atoms with E-state index in [4.69, 9.17) is 0 Å². The number of aliphatic hydroxyl groups is 1. The van der Waals surface area contributed by atoms with Crippen molar-refractivity contribution in [2.24, 2.45) is 0 Å². The first-order chi connectivity index (χ1) is 9.86. The average molecular weight is 285 g/mol. The summed E-state index contributed by atoms with van der Waals surface area (Å²) in [5.74, 6) is 0.605. The Balaban J connectivity index is 1.84. The number of aliphatic hydroxyl groups excluding tert-OH is 1. The van der Waals surface area contributed by atoms with Gasteiger partial charge >= 0.3 is 0 Å². The van der Waals surface area contributed by atoms with Gasteiger partial charge in [0.05, 0.1) is 18.0 Å². The van der Waals surface area contributed by atoms with Crippen molar-refractivity contribution in [3.63, 3.8) is 0 Å². The van der Waals surface area contributed by atoms with E-state index >= 15 is 0 Å². The maximum Gasteiger partial charge on any atom is 0.213 e. The van der Waals surface area contributed by atoms with Crippen LogP contribution in [0.25, 0.3) is 16.2 Å². The molecule has 0 spiro atoms. The number of hydrogen-bond donors (Lipinski definition) is 1. The molecule has 4 nitrogen and oxygen atoms in total. The normalized spacial score (nSPS) is 15.7. The highest BCUT2D eigenvalue weighted by atomic mass is 32.1. The van der Waals surface area contributed by atoms with Gasteiger partial charge in [0.1, 0.15) is 5.01 Å². The first-order valence-corrected chi connectivity index (χ1v) is 7.73. The summed E-state index contributed by atoms with van der Waals surface area (Å²) >= 11 is 1.66. The lowest BCUT2D eigenvalue weighted by Gasteiger charge is -2.21. The SMILES string of the molecule is OCc1c(-c2ccccc2)nc2sc(C3CCC3)nn12. The van der Waals surface area contributed by atoms with E-state index in [1.54, 1.807) is 11.3 Å². The summed E-state index contributed by atoms with van der Waals surface area (Å²) in [5, 5.41) is 15.5. The van der Waals surface area contributed by atoms with Crippen LogP contribution in [-0.4, -0.2) is 19.7 Å². The minimum absolute atomic E-state index is 0.0424. The second kappa shape index (κ2) is 4.68. The Labute approximate surface area is 120 Å². The van der Waals surface area contributed by atoms with Crippen LogP contribution < -0.4 is 0 Å². The third-order valence-electron chi connectivity index (χ3n) is 3.96. The zero-order chi connectivity index (χ0) is 13.5. The summed E-state index contributed by atoms with van der Waals surface area (Å²) in [4.78, 5) is 5.56. The van der Waals surface area contributed by atoms with Crippen LogP contribution in [0.2, 0.25) is 0 Å². The van der Waals surface area contributed by atoms with Crippen LogP contribution in [0.3, 0.4) is 0 Å². The number of rotatable bonds is 3. The molecular formula is C15H15N3OS. The van der Waals surface area contributed by atoms with E-state index in [-0.39, 0.29) is 6.61 Å². The monoisotopic (exact) mass is 285 g/mol. The van der Waals surface area contributed by atoms with Crippen LogP contribution >= 0.6 is 11.3 Å². The Morgan fingerprint density at radius 1 is 1.25 bits per heavy atom. The molecule has 5 heteroatoms. The van der Waals surface area contributed by atoms with Gasteiger partial charge in [0.25, 0.3) is 0 Å². The summed E-state index contributed by atoms with van der Waals surface area (Å²) in [5.41, 5.74) is 2.65. The summed E-state index contributed by atoms with van der Waals surface area (Å²) in [7, 11) is 0. The number of fused-ring (bicyclic) bond motifs is 1. The molecule has 1 saturated carbocycles. The lowest BCUT2D eigenvalue weighted by Crippen LogP contribution is -2.09. The molecule has 2 heterocycles. The van der Waals surface area contributed by atoms with E-state index in [2.05, 4.69) is 10.1 Å². The quantitative estimate of drug-likeness (QED) is 0.804. The number of benzene rings is 1. The average Bonchev–Trinajstić information content (AvgIpc) is 2.94. The summed E-state index contributed by atoms with van der Waals surface area (Å²) in [6, 6.07) is 9.97. The third kappa shape index (κ3) is 1.77. The molecule has 0 saturated heterocycles. The molecule has 0 bridgehead atoms. The largest absolute Gasteiger partial charge is 0.390 e. The molecule has 1 N–H and O–H groups in total. The number of nitrogens with zero attached hydrogens (tertiary/aromatic N) is 3. The minimum Gasteiger partial charge on any atom is -0.390 e. The van der Waals surface area contributed by atoms with Gasteiger partial charge in [-0.2, -0.15) is 5.10 Å². The van der Waals surface area contributed by atoms with Gasteiger partial charge in [-0.1, -0.05) is 48.1 Å². The number of hydrogen-bond acceptors (Lipinski definition) is 4. The van der Waals surface area contributed by atoms with Gasteiger partial charge in [-0.25, -0.2) is 9.50 Å². The molecule has 0 atom stereocenters. The predicted molar refractivity (Wildman–Crippen MR) is 78.8 cm³/mol. The van der Waals surface area contributed by atoms with Gasteiger partial charge < -0.3 is 5.11 Å². The highest BCUT2D eigenvalue weighted by molar-refractivity contribution is 7.16. The maximum atomic E-state index is 9.69. The van der Waals surface area contributed by atoms with Crippen LogP contribution in [0, 0.1) is 0 Å². The molecule has 0 aliphatic heterocycles. The lowest BCUT2D eigenvalue weighted by atomic mass is 9.86. The van der Waals surface area contributed by atoms with E-state index in [1.807, 2.05) is 34.8 Å². The van der Waals surface area contributed by atoms with Gasteiger partial charge in [0, 0.05) is 11.5 Å². The fourth-order valence-electron chi connectivity index (χ4n) is 2.59. The molecule has 3 aromatic rings. The Bertz CT molecular complexity index is 743. The van der Waals surface area contributed by atoms with Crippen molar-refractivity contribution in [3.05, 3.63) is 41.0 Å². The molecule has 2 aromatic heterocycles. The number of aromatic nitrogens is 3. The van der Waals surface area contributed by atoms with Crippen molar-refractivity contribution in [3.8, 4) is 11.3 Å². The van der Waals surface area contributed by atoms with Crippen molar-refractivity contribution in [1.82, 2.24) is 14.6 Å². The van der Waals surface area contributed by atoms with Crippen LogP contribution in [0.4, 0.5) is 0 Å². The van der Waals surface area contributed by atoms with E-state index in [0.29, 0.717) is 5.92 Å². The fourth-order valence-corrected chi connectivity index (χ4v) is 3.68. The molecular weight excluding hydrogens is 270 g/mol. The zero-order valence-electron chi connectivity index (χ0n) is 11.0. The molecule has 0 unspecified atom stereocenters.